The zero-order valence-electron chi connectivity index (χ0n) is 37.5. The molecule has 69 heavy (non-hydrogen) atoms. The van der Waals surface area contributed by atoms with Crippen LogP contribution in [0.2, 0.25) is 0 Å². The number of fused-ring (bicyclic) bond motifs is 15. The maximum atomic E-state index is 6.74. The molecule has 0 atom stereocenters. The van der Waals surface area contributed by atoms with E-state index in [0.717, 1.165) is 27.3 Å². The Kier molecular flexibility index (Phi) is 8.13. The minimum atomic E-state index is 0.914. The fraction of sp³-hybridized carbons (Fsp3) is 0. The molecular formula is C68H40O. The smallest absolute Gasteiger partial charge is 0.143 e. The molecule has 1 heterocycles. The van der Waals surface area contributed by atoms with Gasteiger partial charge in [-0.05, 0) is 156 Å². The summed E-state index contributed by atoms with van der Waals surface area (Å²) in [5.74, 6) is 0. The summed E-state index contributed by atoms with van der Waals surface area (Å²) in [6.07, 6.45) is 0. The van der Waals surface area contributed by atoms with Crippen molar-refractivity contribution in [2.24, 2.45) is 0 Å². The molecule has 1 nitrogen and oxygen atoms in total. The molecule has 0 unspecified atom stereocenters. The molecule has 0 saturated carbocycles. The van der Waals surface area contributed by atoms with Gasteiger partial charge in [-0.1, -0.05) is 212 Å². The van der Waals surface area contributed by atoms with E-state index in [4.69, 9.17) is 4.42 Å². The van der Waals surface area contributed by atoms with Crippen molar-refractivity contribution < 1.29 is 4.42 Å². The average Bonchev–Trinajstić information content (AvgIpc) is 3.80. The largest absolute Gasteiger partial charge is 0.455 e. The van der Waals surface area contributed by atoms with Crippen molar-refractivity contribution in [2.75, 3.05) is 0 Å². The predicted molar refractivity (Wildman–Crippen MR) is 296 cm³/mol. The standard InChI is InChI=1S/C68H40O/c1-2-17-42-38-44(33-32-41(42)16-1)43-18-15-19-45(39-43)63-50-23-5-9-27-54(50)65(55-28-10-6-24-51(55)63)66-56-29-11-7-25-52(56)64(53-26-8-12-30-57(53)66)46-34-35-59-61(40-46)48-21-4-3-20-47(48)58-36-37-60-49-22-13-14-31-62(49)69-68(60)67(58)59/h1-40H. The Balaban J connectivity index is 0.992. The van der Waals surface area contributed by atoms with Gasteiger partial charge in [-0.2, -0.15) is 0 Å². The average molecular weight is 873 g/mol. The van der Waals surface area contributed by atoms with Gasteiger partial charge in [-0.15, -0.1) is 0 Å². The maximum Gasteiger partial charge on any atom is 0.143 e. The van der Waals surface area contributed by atoms with E-state index in [1.807, 2.05) is 0 Å². The molecule has 0 N–H and O–H groups in total. The van der Waals surface area contributed by atoms with Crippen LogP contribution in [0.4, 0.5) is 0 Å². The molecule has 0 amide bonds. The van der Waals surface area contributed by atoms with Crippen molar-refractivity contribution >= 4 is 108 Å². The number of furan rings is 1. The Morgan fingerprint density at radius 3 is 1.22 bits per heavy atom. The van der Waals surface area contributed by atoms with Gasteiger partial charge in [0.25, 0.3) is 0 Å². The van der Waals surface area contributed by atoms with Gasteiger partial charge in [0.15, 0.2) is 0 Å². The van der Waals surface area contributed by atoms with Crippen LogP contribution in [-0.2, 0) is 0 Å². The van der Waals surface area contributed by atoms with Gasteiger partial charge in [0, 0.05) is 16.2 Å². The summed E-state index contributed by atoms with van der Waals surface area (Å²) in [4.78, 5) is 0. The number of hydrogen-bond acceptors (Lipinski definition) is 1. The molecule has 0 bridgehead atoms. The third-order valence-electron chi connectivity index (χ3n) is 15.0. The lowest BCUT2D eigenvalue weighted by molar-refractivity contribution is 0.673. The van der Waals surface area contributed by atoms with Crippen molar-refractivity contribution in [1.29, 1.82) is 0 Å². The molecule has 15 rings (SSSR count). The fourth-order valence-corrected chi connectivity index (χ4v) is 12.0. The first-order chi connectivity index (χ1) is 34.2. The Hall–Kier alpha value is -9.04. The SMILES string of the molecule is c1cc(-c2ccc3ccccc3c2)cc(-c2c3ccccc3c(-c3c4ccccc4c(-c4ccc5c(c4)c4ccccc4c4ccc6c7ccccc7oc6c45)c4ccccc34)c3ccccc23)c1. The van der Waals surface area contributed by atoms with Crippen LogP contribution in [0, 0.1) is 0 Å². The van der Waals surface area contributed by atoms with E-state index in [1.165, 1.54) is 125 Å². The third kappa shape index (κ3) is 5.59. The van der Waals surface area contributed by atoms with Gasteiger partial charge < -0.3 is 4.42 Å². The first-order valence-electron chi connectivity index (χ1n) is 23.9. The lowest BCUT2D eigenvalue weighted by atomic mass is 9.80. The molecule has 15 aromatic rings. The van der Waals surface area contributed by atoms with Crippen LogP contribution < -0.4 is 0 Å². The molecule has 0 aliphatic rings. The Bertz CT molecular complexity index is 4550. The van der Waals surface area contributed by atoms with Crippen LogP contribution in [-0.4, -0.2) is 0 Å². The molecule has 14 aromatic carbocycles. The summed E-state index contributed by atoms with van der Waals surface area (Å²) < 4.78 is 6.74. The molecule has 0 spiro atoms. The Labute approximate surface area is 397 Å². The normalized spacial score (nSPS) is 12.1. The lowest BCUT2D eigenvalue weighted by Crippen LogP contribution is -1.95. The number of hydrogen-bond donors (Lipinski definition) is 0. The first kappa shape index (κ1) is 38.1. The van der Waals surface area contributed by atoms with E-state index in [0.29, 0.717) is 0 Å². The number of rotatable bonds is 4. The van der Waals surface area contributed by atoms with Crippen LogP contribution in [0.5, 0.6) is 0 Å². The van der Waals surface area contributed by atoms with Gasteiger partial charge >= 0.3 is 0 Å². The lowest BCUT2D eigenvalue weighted by Gasteiger charge is -2.22. The molecule has 0 saturated heterocycles. The highest BCUT2D eigenvalue weighted by atomic mass is 16.3. The fourth-order valence-electron chi connectivity index (χ4n) is 12.0. The van der Waals surface area contributed by atoms with Gasteiger partial charge in [0.2, 0.25) is 0 Å². The molecular weight excluding hydrogens is 833 g/mol. The molecule has 1 heteroatoms. The second kappa shape index (κ2) is 14.7. The first-order valence-corrected chi connectivity index (χ1v) is 23.9. The van der Waals surface area contributed by atoms with Crippen molar-refractivity contribution in [3.63, 3.8) is 0 Å². The molecule has 0 aliphatic carbocycles. The molecule has 0 fully saturated rings. The van der Waals surface area contributed by atoms with Gasteiger partial charge in [-0.25, -0.2) is 0 Å². The topological polar surface area (TPSA) is 13.1 Å². The number of para-hydroxylation sites is 1. The van der Waals surface area contributed by atoms with Gasteiger partial charge in [-0.3, -0.25) is 0 Å². The van der Waals surface area contributed by atoms with E-state index in [9.17, 15) is 0 Å². The molecule has 0 aliphatic heterocycles. The van der Waals surface area contributed by atoms with Crippen LogP contribution in [0.15, 0.2) is 247 Å². The van der Waals surface area contributed by atoms with Gasteiger partial charge in [0.05, 0.1) is 0 Å². The summed E-state index contributed by atoms with van der Waals surface area (Å²) in [7, 11) is 0. The van der Waals surface area contributed by atoms with Crippen molar-refractivity contribution in [3.8, 4) is 44.5 Å². The van der Waals surface area contributed by atoms with Crippen LogP contribution in [0.1, 0.15) is 0 Å². The zero-order chi connectivity index (χ0) is 45.2. The third-order valence-corrected chi connectivity index (χ3v) is 15.0. The highest BCUT2D eigenvalue weighted by Crippen LogP contribution is 2.51. The molecule has 1 aromatic heterocycles. The van der Waals surface area contributed by atoms with E-state index >= 15 is 0 Å². The summed E-state index contributed by atoms with van der Waals surface area (Å²) >= 11 is 0. The Morgan fingerprint density at radius 2 is 0.609 bits per heavy atom. The highest BCUT2D eigenvalue weighted by Gasteiger charge is 2.24. The highest BCUT2D eigenvalue weighted by molar-refractivity contribution is 6.34. The maximum absolute atomic E-state index is 6.74. The number of benzene rings is 14. The Morgan fingerprint density at radius 1 is 0.203 bits per heavy atom. The van der Waals surface area contributed by atoms with E-state index < -0.39 is 0 Å². The van der Waals surface area contributed by atoms with Crippen LogP contribution >= 0.6 is 0 Å². The second-order valence-corrected chi connectivity index (χ2v) is 18.6. The van der Waals surface area contributed by atoms with Crippen LogP contribution in [0.3, 0.4) is 0 Å². The minimum Gasteiger partial charge on any atom is -0.455 e. The molecule has 318 valence electrons. The summed E-state index contributed by atoms with van der Waals surface area (Å²) in [5.41, 5.74) is 11.7. The van der Waals surface area contributed by atoms with E-state index in [2.05, 4.69) is 243 Å². The van der Waals surface area contributed by atoms with Crippen molar-refractivity contribution in [1.82, 2.24) is 0 Å². The monoisotopic (exact) mass is 872 g/mol. The van der Waals surface area contributed by atoms with Gasteiger partial charge in [0.1, 0.15) is 11.2 Å². The second-order valence-electron chi connectivity index (χ2n) is 18.6. The predicted octanol–water partition coefficient (Wildman–Crippen LogP) is 19.5. The van der Waals surface area contributed by atoms with Crippen LogP contribution in [0.25, 0.3) is 153 Å². The van der Waals surface area contributed by atoms with E-state index in [1.54, 1.807) is 0 Å². The van der Waals surface area contributed by atoms with Crippen molar-refractivity contribution in [2.45, 2.75) is 0 Å². The summed E-state index contributed by atoms with van der Waals surface area (Å²) in [6, 6.07) is 89.8. The quantitative estimate of drug-likeness (QED) is 0.127. The zero-order valence-corrected chi connectivity index (χ0v) is 37.5. The summed E-state index contributed by atoms with van der Waals surface area (Å²) in [6.45, 7) is 0. The van der Waals surface area contributed by atoms with E-state index in [-0.39, 0.29) is 0 Å². The minimum absolute atomic E-state index is 0.914. The molecule has 0 radical (unpaired) electrons. The summed E-state index contributed by atoms with van der Waals surface area (Å²) in [5, 5.41) is 22.0. The van der Waals surface area contributed by atoms with Crippen molar-refractivity contribution in [3.05, 3.63) is 243 Å².